The number of hydrogen-bond donors (Lipinski definition) is 0. The van der Waals surface area contributed by atoms with Gasteiger partial charge in [0.2, 0.25) is 0 Å². The quantitative estimate of drug-likeness (QED) is 0.452. The van der Waals surface area contributed by atoms with Gasteiger partial charge >= 0.3 is 0 Å². The van der Waals surface area contributed by atoms with Crippen LogP contribution in [-0.2, 0) is 7.05 Å². The largest absolute Gasteiger partial charge is 0.272 e. The van der Waals surface area contributed by atoms with E-state index >= 15 is 0 Å². The van der Waals surface area contributed by atoms with Gasteiger partial charge in [0.25, 0.3) is 0 Å². The van der Waals surface area contributed by atoms with Gasteiger partial charge in [-0.05, 0) is 87.4 Å². The fourth-order valence-electron chi connectivity index (χ4n) is 8.05. The summed E-state index contributed by atoms with van der Waals surface area (Å²) in [4.78, 5) is 0. The molecule has 0 spiro atoms. The topological polar surface area (TPSA) is 42.5 Å². The average molecular weight is 395 g/mol. The van der Waals surface area contributed by atoms with Gasteiger partial charge in [-0.2, -0.15) is 15.3 Å². The second kappa shape index (κ2) is 7.06. The second-order valence-corrected chi connectivity index (χ2v) is 11.0. The zero-order valence-corrected chi connectivity index (χ0v) is 18.8. The highest BCUT2D eigenvalue weighted by Gasteiger charge is 2.58. The number of fused-ring (bicyclic) bond motifs is 5. The highest BCUT2D eigenvalue weighted by Crippen LogP contribution is 2.65. The third-order valence-electron chi connectivity index (χ3n) is 9.97. The van der Waals surface area contributed by atoms with Crippen LogP contribution in [0.5, 0.6) is 0 Å². The molecular weight excluding hydrogens is 356 g/mol. The predicted octanol–water partition coefficient (Wildman–Crippen LogP) is 5.94. The predicted molar refractivity (Wildman–Crippen MR) is 119 cm³/mol. The molecular formula is C25H38N4. The summed E-state index contributed by atoms with van der Waals surface area (Å²) in [5, 5.41) is 13.6. The van der Waals surface area contributed by atoms with E-state index in [-0.39, 0.29) is 5.41 Å². The molecule has 1 aromatic heterocycles. The molecule has 4 aliphatic rings. The van der Waals surface area contributed by atoms with Gasteiger partial charge in [-0.15, -0.1) is 0 Å². The first-order valence-electron chi connectivity index (χ1n) is 12.0. The summed E-state index contributed by atoms with van der Waals surface area (Å²) in [5.41, 5.74) is 4.49. The van der Waals surface area contributed by atoms with Gasteiger partial charge in [-0.25, -0.2) is 0 Å². The highest BCUT2D eigenvalue weighted by molar-refractivity contribution is 5.93. The first-order valence-corrected chi connectivity index (χ1v) is 12.0. The third kappa shape index (κ3) is 2.96. The van der Waals surface area contributed by atoms with E-state index in [9.17, 15) is 0 Å². The molecule has 4 nitrogen and oxygen atoms in total. The van der Waals surface area contributed by atoms with Gasteiger partial charge in [0.1, 0.15) is 0 Å². The first kappa shape index (κ1) is 19.5. The number of aryl methyl sites for hydroxylation is 1. The maximum absolute atomic E-state index is 4.81. The molecule has 0 aliphatic heterocycles. The van der Waals surface area contributed by atoms with E-state index in [0.29, 0.717) is 5.41 Å². The molecule has 1 aromatic rings. The SMILES string of the molecule is Cc1c(/C=N/N=C2/CCC3C4CCC5CCCCC5(C)C4CCC23C)cnn1C. The van der Waals surface area contributed by atoms with Crippen molar-refractivity contribution in [3.8, 4) is 0 Å². The molecule has 5 rings (SSSR count). The summed E-state index contributed by atoms with van der Waals surface area (Å²) in [5.74, 6) is 3.71. The number of rotatable bonds is 2. The van der Waals surface area contributed by atoms with Crippen LogP contribution in [0.2, 0.25) is 0 Å². The standard InChI is InChI=1S/C25H38N4/c1-17-18(16-27-29(17)4)15-26-28-23-11-10-21-20-9-8-19-7-5-6-13-24(19,2)22(20)12-14-25(21,23)3/h15-16,19-22H,5-14H2,1-4H3/b26-15+,28-23-. The first-order chi connectivity index (χ1) is 13.9. The fraction of sp³-hybridized carbons (Fsp3) is 0.800. The van der Waals surface area contributed by atoms with Crippen molar-refractivity contribution < 1.29 is 0 Å². The zero-order chi connectivity index (χ0) is 20.2. The Hall–Kier alpha value is -1.45. The van der Waals surface area contributed by atoms with Crippen LogP contribution in [0, 0.1) is 41.4 Å². The number of hydrogen-bond acceptors (Lipinski definition) is 3. The summed E-state index contributed by atoms with van der Waals surface area (Å²) in [7, 11) is 1.97. The smallest absolute Gasteiger partial charge is 0.0602 e. The molecule has 0 amide bonds. The van der Waals surface area contributed by atoms with Crippen LogP contribution >= 0.6 is 0 Å². The summed E-state index contributed by atoms with van der Waals surface area (Å²) in [6.07, 6.45) is 17.9. The van der Waals surface area contributed by atoms with Crippen molar-refractivity contribution in [3.05, 3.63) is 17.5 Å². The Kier molecular flexibility index (Phi) is 4.75. The van der Waals surface area contributed by atoms with Crippen LogP contribution in [-0.4, -0.2) is 21.7 Å². The summed E-state index contributed by atoms with van der Waals surface area (Å²) in [6, 6.07) is 0. The monoisotopic (exact) mass is 394 g/mol. The van der Waals surface area contributed by atoms with Crippen LogP contribution in [0.1, 0.15) is 89.3 Å². The minimum absolute atomic E-state index is 0.278. The van der Waals surface area contributed by atoms with Crippen LogP contribution in [0.25, 0.3) is 0 Å². The Labute approximate surface area is 176 Å². The molecule has 1 heterocycles. The van der Waals surface area contributed by atoms with Crippen molar-refractivity contribution in [2.24, 2.45) is 51.8 Å². The molecule has 0 radical (unpaired) electrons. The molecule has 6 atom stereocenters. The van der Waals surface area contributed by atoms with Crippen LogP contribution in [0.3, 0.4) is 0 Å². The van der Waals surface area contributed by atoms with Gasteiger partial charge in [0.15, 0.2) is 0 Å². The molecule has 4 fully saturated rings. The Bertz CT molecular complexity index is 836. The van der Waals surface area contributed by atoms with Gasteiger partial charge < -0.3 is 0 Å². The molecule has 158 valence electrons. The fourth-order valence-corrected chi connectivity index (χ4v) is 8.05. The Morgan fingerprint density at radius 1 is 1.07 bits per heavy atom. The van der Waals surface area contributed by atoms with E-state index in [2.05, 4.69) is 31.0 Å². The normalized spacial score (nSPS) is 43.4. The second-order valence-electron chi connectivity index (χ2n) is 11.0. The molecule has 4 heteroatoms. The zero-order valence-electron chi connectivity index (χ0n) is 18.8. The highest BCUT2D eigenvalue weighted by atomic mass is 15.3. The van der Waals surface area contributed by atoms with Crippen molar-refractivity contribution in [1.82, 2.24) is 9.78 Å². The van der Waals surface area contributed by atoms with Crippen molar-refractivity contribution in [3.63, 3.8) is 0 Å². The lowest BCUT2D eigenvalue weighted by atomic mass is 9.45. The molecule has 0 aromatic carbocycles. The van der Waals surface area contributed by atoms with Crippen LogP contribution in [0.15, 0.2) is 16.4 Å². The molecule has 0 bridgehead atoms. The number of aromatic nitrogens is 2. The lowest BCUT2D eigenvalue weighted by molar-refractivity contribution is -0.0936. The Morgan fingerprint density at radius 2 is 1.93 bits per heavy atom. The van der Waals surface area contributed by atoms with E-state index in [1.165, 1.54) is 63.5 Å². The molecule has 4 saturated carbocycles. The number of nitrogens with zero attached hydrogens (tertiary/aromatic N) is 4. The van der Waals surface area contributed by atoms with Crippen molar-refractivity contribution in [1.29, 1.82) is 0 Å². The van der Waals surface area contributed by atoms with Crippen molar-refractivity contribution >= 4 is 11.9 Å². The summed E-state index contributed by atoms with van der Waals surface area (Å²) < 4.78 is 1.89. The lowest BCUT2D eigenvalue weighted by Crippen LogP contribution is -2.52. The van der Waals surface area contributed by atoms with E-state index in [1.54, 1.807) is 0 Å². The minimum atomic E-state index is 0.278. The van der Waals surface area contributed by atoms with Gasteiger partial charge in [0.05, 0.1) is 12.4 Å². The van der Waals surface area contributed by atoms with E-state index in [1.807, 2.05) is 24.1 Å². The van der Waals surface area contributed by atoms with E-state index in [4.69, 9.17) is 5.10 Å². The molecule has 0 saturated heterocycles. The lowest BCUT2D eigenvalue weighted by Gasteiger charge is -2.59. The molecule has 4 aliphatic carbocycles. The molecule has 29 heavy (non-hydrogen) atoms. The maximum Gasteiger partial charge on any atom is 0.0602 e. The minimum Gasteiger partial charge on any atom is -0.272 e. The van der Waals surface area contributed by atoms with Crippen LogP contribution < -0.4 is 0 Å². The molecule has 6 unspecified atom stereocenters. The average Bonchev–Trinajstić information content (AvgIpc) is 3.21. The van der Waals surface area contributed by atoms with Crippen LogP contribution in [0.4, 0.5) is 0 Å². The summed E-state index contributed by atoms with van der Waals surface area (Å²) >= 11 is 0. The van der Waals surface area contributed by atoms with Gasteiger partial charge in [0, 0.05) is 29.4 Å². The van der Waals surface area contributed by atoms with E-state index < -0.39 is 0 Å². The van der Waals surface area contributed by atoms with Crippen molar-refractivity contribution in [2.45, 2.75) is 85.0 Å². The van der Waals surface area contributed by atoms with Gasteiger partial charge in [-0.1, -0.05) is 26.7 Å². The van der Waals surface area contributed by atoms with E-state index in [0.717, 1.165) is 41.3 Å². The Balaban J connectivity index is 1.37. The third-order valence-corrected chi connectivity index (χ3v) is 9.97. The van der Waals surface area contributed by atoms with Crippen molar-refractivity contribution in [2.75, 3.05) is 0 Å². The summed E-state index contributed by atoms with van der Waals surface area (Å²) in [6.45, 7) is 7.26. The Morgan fingerprint density at radius 3 is 2.72 bits per heavy atom. The van der Waals surface area contributed by atoms with Gasteiger partial charge in [-0.3, -0.25) is 4.68 Å². The maximum atomic E-state index is 4.81. The molecule has 0 N–H and O–H groups in total.